The molecule has 2 rings (SSSR count). The van der Waals surface area contributed by atoms with E-state index in [-0.39, 0.29) is 6.61 Å². The van der Waals surface area contributed by atoms with Gasteiger partial charge in [-0.05, 0) is 11.1 Å². The number of rotatable bonds is 5. The van der Waals surface area contributed by atoms with E-state index in [1.54, 1.807) is 24.3 Å². The van der Waals surface area contributed by atoms with Crippen LogP contribution < -0.4 is 5.32 Å². The van der Waals surface area contributed by atoms with Crippen molar-refractivity contribution in [3.8, 4) is 0 Å². The number of halogens is 1. The molecule has 1 atom stereocenters. The highest BCUT2D eigenvalue weighted by atomic mass is 19.1. The Balaban J connectivity index is 1.87. The maximum atomic E-state index is 13.0. The average Bonchev–Trinajstić information content (AvgIpc) is 2.52. The lowest BCUT2D eigenvalue weighted by Crippen LogP contribution is -2.30. The predicted molar refractivity (Wildman–Crippen MR) is 74.9 cm³/mol. The monoisotopic (exact) mass is 273 g/mol. The van der Waals surface area contributed by atoms with E-state index in [4.69, 9.17) is 4.74 Å². The summed E-state index contributed by atoms with van der Waals surface area (Å²) < 4.78 is 18.1. The van der Waals surface area contributed by atoms with Crippen LogP contribution in [0.1, 0.15) is 17.2 Å². The molecule has 1 amide bonds. The first kappa shape index (κ1) is 14.1. The fraction of sp³-hybridized carbons (Fsp3) is 0.188. The van der Waals surface area contributed by atoms with Crippen molar-refractivity contribution >= 4 is 6.09 Å². The number of amides is 1. The minimum Gasteiger partial charge on any atom is -0.445 e. The highest BCUT2D eigenvalue weighted by molar-refractivity contribution is 5.68. The highest BCUT2D eigenvalue weighted by Gasteiger charge is 2.14. The number of carbonyl (C=O) groups is 1. The van der Waals surface area contributed by atoms with Gasteiger partial charge in [0, 0.05) is 0 Å². The van der Waals surface area contributed by atoms with Gasteiger partial charge in [0.15, 0.2) is 0 Å². The summed E-state index contributed by atoms with van der Waals surface area (Å²) in [5.41, 5.74) is 1.60. The lowest BCUT2D eigenvalue weighted by Gasteiger charge is -2.15. The number of alkyl halides is 1. The zero-order valence-corrected chi connectivity index (χ0v) is 11.0. The lowest BCUT2D eigenvalue weighted by atomic mass is 10.1. The molecule has 0 radical (unpaired) electrons. The van der Waals surface area contributed by atoms with Crippen molar-refractivity contribution in [1.29, 1.82) is 0 Å². The molecule has 0 saturated heterocycles. The molecule has 0 fully saturated rings. The first-order valence-electron chi connectivity index (χ1n) is 6.37. The van der Waals surface area contributed by atoms with Gasteiger partial charge in [-0.15, -0.1) is 0 Å². The molecule has 0 unspecified atom stereocenters. The molecular weight excluding hydrogens is 257 g/mol. The quantitative estimate of drug-likeness (QED) is 0.903. The summed E-state index contributed by atoms with van der Waals surface area (Å²) in [6.07, 6.45) is -0.625. The molecule has 1 N–H and O–H groups in total. The van der Waals surface area contributed by atoms with Gasteiger partial charge in [-0.1, -0.05) is 60.7 Å². The van der Waals surface area contributed by atoms with Gasteiger partial charge in [0.1, 0.15) is 13.3 Å². The van der Waals surface area contributed by atoms with E-state index in [1.807, 2.05) is 36.4 Å². The molecule has 2 aromatic rings. The van der Waals surface area contributed by atoms with Crippen molar-refractivity contribution in [2.75, 3.05) is 6.67 Å². The van der Waals surface area contributed by atoms with Gasteiger partial charge < -0.3 is 10.1 Å². The summed E-state index contributed by atoms with van der Waals surface area (Å²) in [6, 6.07) is 17.6. The van der Waals surface area contributed by atoms with Crippen LogP contribution in [0.25, 0.3) is 0 Å². The second kappa shape index (κ2) is 7.28. The Labute approximate surface area is 117 Å². The van der Waals surface area contributed by atoms with Gasteiger partial charge in [-0.3, -0.25) is 0 Å². The van der Waals surface area contributed by atoms with E-state index in [9.17, 15) is 9.18 Å². The van der Waals surface area contributed by atoms with E-state index >= 15 is 0 Å². The molecule has 2 aromatic carbocycles. The molecule has 0 bridgehead atoms. The smallest absolute Gasteiger partial charge is 0.408 e. The van der Waals surface area contributed by atoms with Crippen molar-refractivity contribution in [3.63, 3.8) is 0 Å². The molecule has 104 valence electrons. The fourth-order valence-electron chi connectivity index (χ4n) is 1.80. The molecular formula is C16H16FNO2. The topological polar surface area (TPSA) is 38.3 Å². The lowest BCUT2D eigenvalue weighted by molar-refractivity contribution is 0.133. The van der Waals surface area contributed by atoms with Crippen LogP contribution in [0.4, 0.5) is 9.18 Å². The minimum atomic E-state index is -0.681. The standard InChI is InChI=1S/C16H16FNO2/c17-11-15(14-9-5-2-6-10-14)18-16(19)20-12-13-7-3-1-4-8-13/h1-10,15H,11-12H2,(H,18,19)/t15-/m0/s1. The Morgan fingerprint density at radius 1 is 1.05 bits per heavy atom. The normalized spacial score (nSPS) is 11.7. The summed E-state index contributed by atoms with van der Waals surface area (Å²) in [6.45, 7) is -0.509. The Bertz CT molecular complexity index is 531. The van der Waals surface area contributed by atoms with Crippen molar-refractivity contribution in [1.82, 2.24) is 5.32 Å². The highest BCUT2D eigenvalue weighted by Crippen LogP contribution is 2.13. The van der Waals surface area contributed by atoms with Gasteiger partial charge in [-0.2, -0.15) is 0 Å². The zero-order valence-electron chi connectivity index (χ0n) is 11.0. The molecule has 0 aromatic heterocycles. The third-order valence-corrected chi connectivity index (χ3v) is 2.86. The van der Waals surface area contributed by atoms with E-state index in [0.717, 1.165) is 5.56 Å². The number of alkyl carbamates (subject to hydrolysis) is 1. The van der Waals surface area contributed by atoms with Crippen LogP contribution in [0.5, 0.6) is 0 Å². The number of benzene rings is 2. The van der Waals surface area contributed by atoms with Crippen molar-refractivity contribution in [2.45, 2.75) is 12.6 Å². The summed E-state index contributed by atoms with van der Waals surface area (Å²) in [7, 11) is 0. The number of nitrogens with one attached hydrogen (secondary N) is 1. The van der Waals surface area contributed by atoms with Crippen LogP contribution in [-0.2, 0) is 11.3 Å². The summed E-state index contributed by atoms with van der Waals surface area (Å²) in [5, 5.41) is 2.52. The van der Waals surface area contributed by atoms with Crippen LogP contribution >= 0.6 is 0 Å². The van der Waals surface area contributed by atoms with Gasteiger partial charge in [0.05, 0.1) is 6.04 Å². The number of carbonyl (C=O) groups excluding carboxylic acids is 1. The first-order valence-corrected chi connectivity index (χ1v) is 6.37. The maximum absolute atomic E-state index is 13.0. The average molecular weight is 273 g/mol. The molecule has 0 aliphatic rings. The van der Waals surface area contributed by atoms with Crippen molar-refractivity contribution < 1.29 is 13.9 Å². The van der Waals surface area contributed by atoms with E-state index in [0.29, 0.717) is 5.56 Å². The molecule has 20 heavy (non-hydrogen) atoms. The summed E-state index contributed by atoms with van der Waals surface area (Å²) in [5.74, 6) is 0. The van der Waals surface area contributed by atoms with Gasteiger partial charge in [-0.25, -0.2) is 9.18 Å². The second-order valence-corrected chi connectivity index (χ2v) is 4.32. The number of ether oxygens (including phenoxy) is 1. The molecule has 4 heteroatoms. The van der Waals surface area contributed by atoms with Crippen molar-refractivity contribution in [3.05, 3.63) is 71.8 Å². The van der Waals surface area contributed by atoms with Crippen LogP contribution in [0.3, 0.4) is 0 Å². The van der Waals surface area contributed by atoms with Crippen LogP contribution in [0, 0.1) is 0 Å². The van der Waals surface area contributed by atoms with Crippen LogP contribution in [-0.4, -0.2) is 12.8 Å². The molecule has 0 spiro atoms. The molecule has 0 aliphatic carbocycles. The minimum absolute atomic E-state index is 0.167. The Hall–Kier alpha value is -2.36. The van der Waals surface area contributed by atoms with E-state index in [1.165, 1.54) is 0 Å². The molecule has 3 nitrogen and oxygen atoms in total. The maximum Gasteiger partial charge on any atom is 0.408 e. The van der Waals surface area contributed by atoms with Crippen LogP contribution in [0.15, 0.2) is 60.7 Å². The van der Waals surface area contributed by atoms with E-state index in [2.05, 4.69) is 5.32 Å². The zero-order chi connectivity index (χ0) is 14.2. The Kier molecular flexibility index (Phi) is 5.12. The van der Waals surface area contributed by atoms with Gasteiger partial charge in [0.2, 0.25) is 0 Å². The van der Waals surface area contributed by atoms with Gasteiger partial charge >= 0.3 is 6.09 Å². The first-order chi connectivity index (χ1) is 9.79. The Morgan fingerprint density at radius 3 is 2.25 bits per heavy atom. The largest absolute Gasteiger partial charge is 0.445 e. The predicted octanol–water partition coefficient (Wildman–Crippen LogP) is 3.62. The fourth-order valence-corrected chi connectivity index (χ4v) is 1.80. The SMILES string of the molecule is O=C(N[C@@H](CF)c1ccccc1)OCc1ccccc1. The molecule has 0 heterocycles. The third kappa shape index (κ3) is 4.09. The number of hydrogen-bond acceptors (Lipinski definition) is 2. The second-order valence-electron chi connectivity index (χ2n) is 4.32. The van der Waals surface area contributed by atoms with E-state index < -0.39 is 18.8 Å². The summed E-state index contributed by atoms with van der Waals surface area (Å²) in [4.78, 5) is 11.7. The van der Waals surface area contributed by atoms with Crippen LogP contribution in [0.2, 0.25) is 0 Å². The van der Waals surface area contributed by atoms with Crippen molar-refractivity contribution in [2.24, 2.45) is 0 Å². The number of hydrogen-bond donors (Lipinski definition) is 1. The molecule has 0 aliphatic heterocycles. The third-order valence-electron chi connectivity index (χ3n) is 2.86. The molecule has 0 saturated carbocycles. The summed E-state index contributed by atoms with van der Waals surface area (Å²) >= 11 is 0. The Morgan fingerprint density at radius 2 is 1.65 bits per heavy atom. The van der Waals surface area contributed by atoms with Gasteiger partial charge in [0.25, 0.3) is 0 Å².